The predicted molar refractivity (Wildman–Crippen MR) is 96.3 cm³/mol. The van der Waals surface area contributed by atoms with Crippen molar-refractivity contribution in [2.45, 2.75) is 76.5 Å². The van der Waals surface area contributed by atoms with Crippen molar-refractivity contribution >= 4 is 0 Å². The van der Waals surface area contributed by atoms with Gasteiger partial charge >= 0.3 is 0 Å². The number of halogens is 3. The van der Waals surface area contributed by atoms with Gasteiger partial charge in [0.25, 0.3) is 0 Å². The average Bonchev–Trinajstić information content (AvgIpc) is 2.65. The molecule has 0 unspecified atom stereocenters. The molecule has 2 aliphatic carbocycles. The van der Waals surface area contributed by atoms with E-state index in [0.717, 1.165) is 49.0 Å². The highest BCUT2D eigenvalue weighted by Crippen LogP contribution is 2.44. The van der Waals surface area contributed by atoms with Crippen LogP contribution in [0.2, 0.25) is 0 Å². The Morgan fingerprint density at radius 1 is 0.760 bits per heavy atom. The summed E-state index contributed by atoms with van der Waals surface area (Å²) in [6.45, 7) is -0.170. The smallest absolute Gasteiger partial charge is 0.159 e. The van der Waals surface area contributed by atoms with Crippen LogP contribution in [0.4, 0.5) is 13.2 Å². The van der Waals surface area contributed by atoms with Crippen LogP contribution in [0.15, 0.2) is 18.2 Å². The molecule has 2 saturated carbocycles. The molecule has 0 aliphatic heterocycles. The van der Waals surface area contributed by atoms with E-state index in [1.807, 2.05) is 0 Å². The van der Waals surface area contributed by atoms with Crippen molar-refractivity contribution in [3.63, 3.8) is 0 Å². The summed E-state index contributed by atoms with van der Waals surface area (Å²) < 4.78 is 38.8. The van der Waals surface area contributed by atoms with Crippen molar-refractivity contribution in [1.82, 2.24) is 0 Å². The number of rotatable bonds is 6. The maximum atomic E-state index is 13.5. The number of alkyl halides is 1. The molecule has 0 spiro atoms. The highest BCUT2D eigenvalue weighted by molar-refractivity contribution is 5.22. The Labute approximate surface area is 150 Å². The van der Waals surface area contributed by atoms with Gasteiger partial charge in [-0.15, -0.1) is 0 Å². The van der Waals surface area contributed by atoms with Crippen LogP contribution in [0.1, 0.15) is 82.1 Å². The van der Waals surface area contributed by atoms with Crippen LogP contribution in [0.3, 0.4) is 0 Å². The van der Waals surface area contributed by atoms with Gasteiger partial charge < -0.3 is 0 Å². The summed E-state index contributed by atoms with van der Waals surface area (Å²) in [5.74, 6) is 1.41. The molecule has 1 aromatic carbocycles. The summed E-state index contributed by atoms with van der Waals surface area (Å²) in [7, 11) is 0. The molecule has 0 aromatic heterocycles. The van der Waals surface area contributed by atoms with Crippen molar-refractivity contribution in [2.24, 2.45) is 17.8 Å². The predicted octanol–water partition coefficient (Wildman–Crippen LogP) is 7.18. The largest absolute Gasteiger partial charge is 0.251 e. The first kappa shape index (κ1) is 18.8. The van der Waals surface area contributed by atoms with Crippen LogP contribution >= 0.6 is 0 Å². The molecule has 3 heteroatoms. The van der Waals surface area contributed by atoms with Gasteiger partial charge in [0, 0.05) is 0 Å². The molecule has 0 radical (unpaired) electrons. The summed E-state index contributed by atoms with van der Waals surface area (Å²) >= 11 is 0. The Balaban J connectivity index is 1.43. The maximum Gasteiger partial charge on any atom is 0.159 e. The van der Waals surface area contributed by atoms with Gasteiger partial charge in [-0.1, -0.05) is 31.7 Å². The zero-order chi connectivity index (χ0) is 17.6. The molecule has 2 aliphatic rings. The van der Waals surface area contributed by atoms with Gasteiger partial charge in [0.05, 0.1) is 6.67 Å². The highest BCUT2D eigenvalue weighted by atomic mass is 19.2. The SMILES string of the molecule is FCCCCC1CCC(C2CCC(c3ccc(F)c(F)c3)CC2)CC1. The number of hydrogen-bond donors (Lipinski definition) is 0. The van der Waals surface area contributed by atoms with E-state index in [1.54, 1.807) is 6.07 Å². The van der Waals surface area contributed by atoms with Crippen LogP contribution in [0, 0.1) is 29.4 Å². The molecule has 0 amide bonds. The van der Waals surface area contributed by atoms with Gasteiger partial charge in [0.2, 0.25) is 0 Å². The summed E-state index contributed by atoms with van der Waals surface area (Å²) in [5, 5.41) is 0. The molecule has 0 heterocycles. The van der Waals surface area contributed by atoms with Gasteiger partial charge in [-0.05, 0) is 86.3 Å². The van der Waals surface area contributed by atoms with Crippen LogP contribution < -0.4 is 0 Å². The molecular weight excluding hydrogens is 321 g/mol. The number of benzene rings is 1. The third-order valence-corrected chi connectivity index (χ3v) is 6.74. The van der Waals surface area contributed by atoms with E-state index in [2.05, 4.69) is 0 Å². The zero-order valence-electron chi connectivity index (χ0n) is 15.2. The molecule has 0 N–H and O–H groups in total. The van der Waals surface area contributed by atoms with Crippen LogP contribution in [0.25, 0.3) is 0 Å². The summed E-state index contributed by atoms with van der Waals surface area (Å²) in [4.78, 5) is 0. The summed E-state index contributed by atoms with van der Waals surface area (Å²) in [6.07, 6.45) is 12.9. The first-order valence-electron chi connectivity index (χ1n) is 10.2. The first-order valence-corrected chi connectivity index (χ1v) is 10.2. The minimum Gasteiger partial charge on any atom is -0.251 e. The average molecular weight is 352 g/mol. The van der Waals surface area contributed by atoms with E-state index in [9.17, 15) is 13.2 Å². The van der Waals surface area contributed by atoms with Gasteiger partial charge in [0.1, 0.15) is 0 Å². The first-order chi connectivity index (χ1) is 12.2. The lowest BCUT2D eigenvalue weighted by molar-refractivity contribution is 0.155. The molecular formula is C22H31F3. The van der Waals surface area contributed by atoms with Gasteiger partial charge in [-0.2, -0.15) is 0 Å². The standard InChI is InChI=1S/C22H31F3/c23-14-2-1-3-16-4-6-17(7-5-16)18-8-10-19(11-9-18)20-12-13-21(24)22(25)15-20/h12-13,15-19H,1-11,14H2. The monoisotopic (exact) mass is 352 g/mol. The van der Waals surface area contributed by atoms with E-state index >= 15 is 0 Å². The lowest BCUT2D eigenvalue weighted by Gasteiger charge is -2.38. The molecule has 0 bridgehead atoms. The molecule has 140 valence electrons. The summed E-state index contributed by atoms with van der Waals surface area (Å²) in [5.41, 5.74) is 0.967. The lowest BCUT2D eigenvalue weighted by Crippen LogP contribution is -2.25. The Morgan fingerprint density at radius 3 is 2.00 bits per heavy atom. The van der Waals surface area contributed by atoms with E-state index in [0.29, 0.717) is 5.92 Å². The Morgan fingerprint density at radius 2 is 1.40 bits per heavy atom. The van der Waals surface area contributed by atoms with E-state index in [-0.39, 0.29) is 6.67 Å². The minimum absolute atomic E-state index is 0.170. The van der Waals surface area contributed by atoms with Crippen molar-refractivity contribution < 1.29 is 13.2 Å². The van der Waals surface area contributed by atoms with Gasteiger partial charge in [0.15, 0.2) is 11.6 Å². The van der Waals surface area contributed by atoms with Crippen LogP contribution in [-0.2, 0) is 0 Å². The molecule has 0 saturated heterocycles. The van der Waals surface area contributed by atoms with E-state index < -0.39 is 11.6 Å². The third-order valence-electron chi connectivity index (χ3n) is 6.74. The third kappa shape index (κ3) is 5.01. The van der Waals surface area contributed by atoms with E-state index in [1.165, 1.54) is 57.1 Å². The normalized spacial score (nSPS) is 30.4. The molecule has 1 aromatic rings. The second-order valence-corrected chi connectivity index (χ2v) is 8.25. The minimum atomic E-state index is -0.749. The molecule has 0 atom stereocenters. The topological polar surface area (TPSA) is 0 Å². The summed E-state index contributed by atoms with van der Waals surface area (Å²) in [6, 6.07) is 4.41. The second kappa shape index (κ2) is 9.09. The lowest BCUT2D eigenvalue weighted by atomic mass is 9.68. The highest BCUT2D eigenvalue weighted by Gasteiger charge is 2.31. The fraction of sp³-hybridized carbons (Fsp3) is 0.727. The van der Waals surface area contributed by atoms with Crippen molar-refractivity contribution in [3.05, 3.63) is 35.4 Å². The number of unbranched alkanes of at least 4 members (excludes halogenated alkanes) is 1. The second-order valence-electron chi connectivity index (χ2n) is 8.25. The van der Waals surface area contributed by atoms with E-state index in [4.69, 9.17) is 0 Å². The molecule has 3 rings (SSSR count). The zero-order valence-corrected chi connectivity index (χ0v) is 15.2. The fourth-order valence-electron chi connectivity index (χ4n) is 5.17. The van der Waals surface area contributed by atoms with Crippen molar-refractivity contribution in [3.8, 4) is 0 Å². The molecule has 25 heavy (non-hydrogen) atoms. The fourth-order valence-corrected chi connectivity index (χ4v) is 5.17. The molecule has 2 fully saturated rings. The Bertz CT molecular complexity index is 526. The maximum absolute atomic E-state index is 13.5. The van der Waals surface area contributed by atoms with Crippen molar-refractivity contribution in [1.29, 1.82) is 0 Å². The molecule has 0 nitrogen and oxygen atoms in total. The van der Waals surface area contributed by atoms with Crippen molar-refractivity contribution in [2.75, 3.05) is 6.67 Å². The Hall–Kier alpha value is -0.990. The number of hydrogen-bond acceptors (Lipinski definition) is 0. The van der Waals surface area contributed by atoms with Gasteiger partial charge in [-0.3, -0.25) is 4.39 Å². The van der Waals surface area contributed by atoms with Crippen LogP contribution in [-0.4, -0.2) is 6.67 Å². The Kier molecular flexibility index (Phi) is 6.84. The van der Waals surface area contributed by atoms with Gasteiger partial charge in [-0.25, -0.2) is 8.78 Å². The quantitative estimate of drug-likeness (QED) is 0.475. The van der Waals surface area contributed by atoms with Crippen LogP contribution in [0.5, 0.6) is 0 Å².